The van der Waals surface area contributed by atoms with Gasteiger partial charge in [0.1, 0.15) is 17.6 Å². The Balaban J connectivity index is 2.43. The molecule has 17 heavy (non-hydrogen) atoms. The lowest BCUT2D eigenvalue weighted by molar-refractivity contribution is -0.141. The van der Waals surface area contributed by atoms with E-state index in [1.165, 1.54) is 6.07 Å². The molecule has 3 nitrogen and oxygen atoms in total. The lowest BCUT2D eigenvalue weighted by atomic mass is 10.2. The number of rotatable bonds is 1. The van der Waals surface area contributed by atoms with Gasteiger partial charge >= 0.3 is 6.18 Å². The molecule has 0 bridgehead atoms. The first kappa shape index (κ1) is 11.7. The zero-order chi connectivity index (χ0) is 12.5. The third-order valence-corrected chi connectivity index (χ3v) is 2.69. The summed E-state index contributed by atoms with van der Waals surface area (Å²) in [5.74, 6) is 0.153. The van der Waals surface area contributed by atoms with Crippen molar-refractivity contribution in [1.82, 2.24) is 4.98 Å². The summed E-state index contributed by atoms with van der Waals surface area (Å²) in [5.41, 5.74) is -0.752. The second-order valence-electron chi connectivity index (χ2n) is 3.87. The first-order chi connectivity index (χ1) is 8.02. The van der Waals surface area contributed by atoms with Crippen molar-refractivity contribution < 1.29 is 13.2 Å². The van der Waals surface area contributed by atoms with Gasteiger partial charge in [0.15, 0.2) is 0 Å². The number of anilines is 1. The van der Waals surface area contributed by atoms with Crippen molar-refractivity contribution in [1.29, 1.82) is 5.26 Å². The average Bonchev–Trinajstić information content (AvgIpc) is 2.80. The molecule has 2 rings (SSSR count). The van der Waals surface area contributed by atoms with Crippen LogP contribution in [-0.2, 0) is 6.18 Å². The van der Waals surface area contributed by atoms with E-state index in [4.69, 9.17) is 5.26 Å². The molecule has 90 valence electrons. The molecule has 0 amide bonds. The quantitative estimate of drug-likeness (QED) is 0.758. The fourth-order valence-corrected chi connectivity index (χ4v) is 1.86. The van der Waals surface area contributed by atoms with Gasteiger partial charge in [-0.2, -0.15) is 18.4 Å². The van der Waals surface area contributed by atoms with E-state index in [1.54, 1.807) is 4.90 Å². The van der Waals surface area contributed by atoms with Crippen molar-refractivity contribution in [3.8, 4) is 6.07 Å². The summed E-state index contributed by atoms with van der Waals surface area (Å²) in [6, 6.07) is 3.91. The van der Waals surface area contributed by atoms with Gasteiger partial charge in [-0.05, 0) is 25.0 Å². The first-order valence-electron chi connectivity index (χ1n) is 5.25. The number of nitrogens with zero attached hydrogens (tertiary/aromatic N) is 3. The first-order valence-corrected chi connectivity index (χ1v) is 5.25. The Morgan fingerprint density at radius 2 is 1.88 bits per heavy atom. The molecule has 0 N–H and O–H groups in total. The Kier molecular flexibility index (Phi) is 2.92. The summed E-state index contributed by atoms with van der Waals surface area (Å²) < 4.78 is 37.6. The highest BCUT2D eigenvalue weighted by atomic mass is 19.4. The van der Waals surface area contributed by atoms with Gasteiger partial charge in [0.2, 0.25) is 0 Å². The molecular formula is C11H10F3N3. The van der Waals surface area contributed by atoms with Crippen LogP contribution in [0.3, 0.4) is 0 Å². The van der Waals surface area contributed by atoms with E-state index in [0.717, 1.165) is 18.9 Å². The van der Waals surface area contributed by atoms with Crippen LogP contribution in [0.4, 0.5) is 19.0 Å². The highest BCUT2D eigenvalue weighted by Gasteiger charge is 2.33. The van der Waals surface area contributed by atoms with Gasteiger partial charge in [-0.25, -0.2) is 4.98 Å². The SMILES string of the molecule is N#Cc1ccc(C(F)(F)F)nc1N1CCCC1. The van der Waals surface area contributed by atoms with E-state index in [2.05, 4.69) is 4.98 Å². The van der Waals surface area contributed by atoms with E-state index in [9.17, 15) is 13.2 Å². The van der Waals surface area contributed by atoms with Gasteiger partial charge in [0.25, 0.3) is 0 Å². The van der Waals surface area contributed by atoms with E-state index in [-0.39, 0.29) is 11.4 Å². The zero-order valence-electron chi connectivity index (χ0n) is 8.96. The molecule has 6 heteroatoms. The van der Waals surface area contributed by atoms with E-state index >= 15 is 0 Å². The molecule has 1 aliphatic heterocycles. The molecule has 2 heterocycles. The van der Waals surface area contributed by atoms with Crippen LogP contribution in [0.2, 0.25) is 0 Å². The van der Waals surface area contributed by atoms with Crippen molar-refractivity contribution in [2.45, 2.75) is 19.0 Å². The van der Waals surface area contributed by atoms with Gasteiger partial charge in [0, 0.05) is 13.1 Å². The van der Waals surface area contributed by atoms with Crippen LogP contribution in [0.25, 0.3) is 0 Å². The summed E-state index contributed by atoms with van der Waals surface area (Å²) >= 11 is 0. The largest absolute Gasteiger partial charge is 0.433 e. The highest BCUT2D eigenvalue weighted by Crippen LogP contribution is 2.31. The van der Waals surface area contributed by atoms with Crippen molar-refractivity contribution >= 4 is 5.82 Å². The van der Waals surface area contributed by atoms with Crippen LogP contribution in [0, 0.1) is 11.3 Å². The predicted molar refractivity (Wildman–Crippen MR) is 55.4 cm³/mol. The molecule has 0 radical (unpaired) electrons. The van der Waals surface area contributed by atoms with Gasteiger partial charge in [-0.3, -0.25) is 0 Å². The highest BCUT2D eigenvalue weighted by molar-refractivity contribution is 5.55. The van der Waals surface area contributed by atoms with Crippen molar-refractivity contribution in [3.63, 3.8) is 0 Å². The Morgan fingerprint density at radius 1 is 1.24 bits per heavy atom. The molecule has 0 unspecified atom stereocenters. The maximum Gasteiger partial charge on any atom is 0.433 e. The normalized spacial score (nSPS) is 16.0. The van der Waals surface area contributed by atoms with Crippen LogP contribution in [0.1, 0.15) is 24.1 Å². The topological polar surface area (TPSA) is 39.9 Å². The summed E-state index contributed by atoms with van der Waals surface area (Å²) in [4.78, 5) is 5.31. The van der Waals surface area contributed by atoms with Crippen LogP contribution < -0.4 is 4.90 Å². The molecule has 1 fully saturated rings. The summed E-state index contributed by atoms with van der Waals surface area (Å²) in [6.07, 6.45) is -2.63. The van der Waals surface area contributed by atoms with Crippen LogP contribution in [0.15, 0.2) is 12.1 Å². The van der Waals surface area contributed by atoms with Crippen LogP contribution >= 0.6 is 0 Å². The van der Waals surface area contributed by atoms with E-state index < -0.39 is 11.9 Å². The molecular weight excluding hydrogens is 231 g/mol. The summed E-state index contributed by atoms with van der Waals surface area (Å²) in [6.45, 7) is 1.31. The number of nitriles is 1. The molecule has 1 saturated heterocycles. The molecule has 1 aliphatic rings. The van der Waals surface area contributed by atoms with Crippen LogP contribution in [0.5, 0.6) is 0 Å². The fraction of sp³-hybridized carbons (Fsp3) is 0.455. The standard InChI is InChI=1S/C11H10F3N3/c12-11(13,14)9-4-3-8(7-15)10(16-9)17-5-1-2-6-17/h3-4H,1-2,5-6H2. The van der Waals surface area contributed by atoms with E-state index in [0.29, 0.717) is 13.1 Å². The number of hydrogen-bond donors (Lipinski definition) is 0. The monoisotopic (exact) mass is 241 g/mol. The Labute approximate surface area is 96.5 Å². The van der Waals surface area contributed by atoms with Crippen LogP contribution in [-0.4, -0.2) is 18.1 Å². The third kappa shape index (κ3) is 2.33. The maximum absolute atomic E-state index is 12.5. The maximum atomic E-state index is 12.5. The Hall–Kier alpha value is -1.77. The second-order valence-corrected chi connectivity index (χ2v) is 3.87. The third-order valence-electron chi connectivity index (χ3n) is 2.69. The molecule has 0 spiro atoms. The Morgan fingerprint density at radius 3 is 2.41 bits per heavy atom. The smallest absolute Gasteiger partial charge is 0.356 e. The molecule has 0 atom stereocenters. The van der Waals surface area contributed by atoms with Gasteiger partial charge in [-0.1, -0.05) is 0 Å². The number of halogens is 3. The summed E-state index contributed by atoms with van der Waals surface area (Å²) in [5, 5.41) is 8.87. The molecule has 1 aromatic rings. The second kappa shape index (κ2) is 4.24. The lowest BCUT2D eigenvalue weighted by Crippen LogP contribution is -2.22. The summed E-state index contributed by atoms with van der Waals surface area (Å²) in [7, 11) is 0. The molecule has 0 aromatic carbocycles. The molecule has 1 aromatic heterocycles. The molecule has 0 saturated carbocycles. The van der Waals surface area contributed by atoms with Gasteiger partial charge in [-0.15, -0.1) is 0 Å². The number of hydrogen-bond acceptors (Lipinski definition) is 3. The number of aromatic nitrogens is 1. The lowest BCUT2D eigenvalue weighted by Gasteiger charge is -2.18. The van der Waals surface area contributed by atoms with Crippen molar-refractivity contribution in [2.24, 2.45) is 0 Å². The van der Waals surface area contributed by atoms with E-state index in [1.807, 2.05) is 6.07 Å². The average molecular weight is 241 g/mol. The number of alkyl halides is 3. The van der Waals surface area contributed by atoms with Gasteiger partial charge in [0.05, 0.1) is 5.56 Å². The van der Waals surface area contributed by atoms with Crippen molar-refractivity contribution in [3.05, 3.63) is 23.4 Å². The van der Waals surface area contributed by atoms with Crippen molar-refractivity contribution in [2.75, 3.05) is 18.0 Å². The van der Waals surface area contributed by atoms with Gasteiger partial charge < -0.3 is 4.90 Å². The number of pyridine rings is 1. The molecule has 0 aliphatic carbocycles. The Bertz CT molecular complexity index is 456. The zero-order valence-corrected chi connectivity index (χ0v) is 8.96. The fourth-order valence-electron chi connectivity index (χ4n) is 1.86. The minimum absolute atomic E-state index is 0.153. The minimum Gasteiger partial charge on any atom is -0.356 e. The predicted octanol–water partition coefficient (Wildman–Crippen LogP) is 2.57. The minimum atomic E-state index is -4.47.